The maximum absolute atomic E-state index is 6.27. The molecule has 12 rings (SSSR count). The van der Waals surface area contributed by atoms with Crippen LogP contribution in [0.5, 0.6) is 0 Å². The molecule has 0 atom stereocenters. The fourth-order valence-electron chi connectivity index (χ4n) is 8.54. The molecule has 0 aliphatic carbocycles. The van der Waals surface area contributed by atoms with E-state index in [9.17, 15) is 0 Å². The molecule has 53 heavy (non-hydrogen) atoms. The van der Waals surface area contributed by atoms with E-state index in [0.717, 1.165) is 104 Å². The first-order valence-electron chi connectivity index (χ1n) is 17.8. The molecule has 12 aromatic rings. The van der Waals surface area contributed by atoms with Crippen molar-refractivity contribution in [3.63, 3.8) is 0 Å². The molecule has 246 valence electrons. The van der Waals surface area contributed by atoms with E-state index in [-0.39, 0.29) is 0 Å². The van der Waals surface area contributed by atoms with E-state index in [0.29, 0.717) is 5.82 Å². The average molecular weight is 678 g/mol. The van der Waals surface area contributed by atoms with Gasteiger partial charge in [0, 0.05) is 60.5 Å². The highest BCUT2D eigenvalue weighted by Crippen LogP contribution is 2.47. The quantitative estimate of drug-likeness (QED) is 0.187. The molecule has 6 nitrogen and oxygen atoms in total. The van der Waals surface area contributed by atoms with Crippen molar-refractivity contribution in [2.75, 3.05) is 0 Å². The first-order valence-corrected chi connectivity index (χ1v) is 17.8. The van der Waals surface area contributed by atoms with Crippen LogP contribution in [0, 0.1) is 0 Å². The number of benzene rings is 7. The fourth-order valence-corrected chi connectivity index (χ4v) is 8.54. The Morgan fingerprint density at radius 1 is 0.453 bits per heavy atom. The first-order chi connectivity index (χ1) is 26.3. The van der Waals surface area contributed by atoms with Crippen LogP contribution in [-0.2, 0) is 0 Å². The highest BCUT2D eigenvalue weighted by atomic mass is 16.3. The summed E-state index contributed by atoms with van der Waals surface area (Å²) in [6.07, 6.45) is 1.91. The Morgan fingerprint density at radius 2 is 1.11 bits per heavy atom. The summed E-state index contributed by atoms with van der Waals surface area (Å²) in [6, 6.07) is 55.0. The molecule has 5 heterocycles. The Hall–Kier alpha value is -7.31. The number of fused-ring (bicyclic) bond motifs is 14. The number of aromatic nitrogens is 5. The summed E-state index contributed by atoms with van der Waals surface area (Å²) in [7, 11) is 0. The normalized spacial score (nSPS) is 12.2. The molecule has 5 aromatic heterocycles. The van der Waals surface area contributed by atoms with Crippen LogP contribution in [0.25, 0.3) is 110 Å². The van der Waals surface area contributed by atoms with Crippen LogP contribution < -0.4 is 0 Å². The zero-order valence-electron chi connectivity index (χ0n) is 28.2. The van der Waals surface area contributed by atoms with E-state index in [2.05, 4.69) is 124 Å². The van der Waals surface area contributed by atoms with Crippen LogP contribution in [0.4, 0.5) is 0 Å². The monoisotopic (exact) mass is 677 g/mol. The molecule has 0 amide bonds. The molecule has 0 radical (unpaired) electrons. The van der Waals surface area contributed by atoms with Crippen LogP contribution in [0.1, 0.15) is 0 Å². The number of hydrogen-bond acceptors (Lipinski definition) is 4. The van der Waals surface area contributed by atoms with Crippen molar-refractivity contribution in [2.45, 2.75) is 0 Å². The maximum atomic E-state index is 6.27. The number of pyridine rings is 1. The van der Waals surface area contributed by atoms with Crippen LogP contribution in [-0.4, -0.2) is 24.1 Å². The predicted molar refractivity (Wildman–Crippen MR) is 216 cm³/mol. The molecule has 0 unspecified atom stereocenters. The molecule has 6 heteroatoms. The molecule has 0 aliphatic heterocycles. The van der Waals surface area contributed by atoms with Gasteiger partial charge in [-0.25, -0.2) is 9.97 Å². The molecule has 0 N–H and O–H groups in total. The molecule has 0 saturated carbocycles. The molecule has 0 bridgehead atoms. The average Bonchev–Trinajstić information content (AvgIpc) is 3.89. The minimum atomic E-state index is 0.687. The van der Waals surface area contributed by atoms with E-state index >= 15 is 0 Å². The lowest BCUT2D eigenvalue weighted by Gasteiger charge is -2.14. The van der Waals surface area contributed by atoms with Crippen molar-refractivity contribution in [2.24, 2.45) is 0 Å². The van der Waals surface area contributed by atoms with Gasteiger partial charge in [-0.2, -0.15) is 0 Å². The first kappa shape index (κ1) is 28.4. The van der Waals surface area contributed by atoms with Gasteiger partial charge in [-0.15, -0.1) is 0 Å². The van der Waals surface area contributed by atoms with Gasteiger partial charge >= 0.3 is 0 Å². The number of nitrogens with zero attached hydrogens (tertiary/aromatic N) is 5. The number of para-hydroxylation sites is 4. The van der Waals surface area contributed by atoms with E-state index in [1.165, 1.54) is 0 Å². The third-order valence-corrected chi connectivity index (χ3v) is 10.7. The Labute approximate surface area is 301 Å². The number of furan rings is 1. The van der Waals surface area contributed by atoms with Crippen molar-refractivity contribution >= 4 is 87.4 Å². The molecule has 0 aliphatic rings. The van der Waals surface area contributed by atoms with Gasteiger partial charge in [0.1, 0.15) is 17.0 Å². The lowest BCUT2D eigenvalue weighted by molar-refractivity contribution is 0.669. The van der Waals surface area contributed by atoms with Gasteiger partial charge in [0.15, 0.2) is 5.82 Å². The smallest absolute Gasteiger partial charge is 0.162 e. The van der Waals surface area contributed by atoms with Gasteiger partial charge in [0.25, 0.3) is 0 Å². The van der Waals surface area contributed by atoms with Gasteiger partial charge in [-0.1, -0.05) is 103 Å². The molecule has 0 saturated heterocycles. The Bertz CT molecular complexity index is 3460. The van der Waals surface area contributed by atoms with Crippen LogP contribution in [0.3, 0.4) is 0 Å². The highest BCUT2D eigenvalue weighted by Gasteiger charge is 2.26. The Balaban J connectivity index is 1.32. The zero-order valence-corrected chi connectivity index (χ0v) is 28.2. The number of rotatable bonds is 3. The second-order valence-corrected chi connectivity index (χ2v) is 13.6. The van der Waals surface area contributed by atoms with Crippen molar-refractivity contribution in [1.29, 1.82) is 0 Å². The predicted octanol–water partition coefficient (Wildman–Crippen LogP) is 11.9. The third-order valence-electron chi connectivity index (χ3n) is 10.7. The summed E-state index contributed by atoms with van der Waals surface area (Å²) < 4.78 is 11.0. The standard InChI is InChI=1S/C47H27N5O/c1-2-13-28(14-3-1)46-49-36-20-8-4-16-31(36)47(50-46)52-38-22-10-5-17-32(38)41-34-19-12-26-48-43(34)45-42(44(41)52)33-18-6-9-21-37(33)51(45)29-24-25-40-35(27-29)30-15-7-11-23-39(30)53-40/h1-27H. The van der Waals surface area contributed by atoms with E-state index in [4.69, 9.17) is 19.4 Å². The van der Waals surface area contributed by atoms with E-state index in [1.54, 1.807) is 0 Å². The minimum Gasteiger partial charge on any atom is -0.456 e. The summed E-state index contributed by atoms with van der Waals surface area (Å²) in [5, 5.41) is 8.81. The second-order valence-electron chi connectivity index (χ2n) is 13.6. The third kappa shape index (κ3) is 3.89. The van der Waals surface area contributed by atoms with Gasteiger partial charge in [-0.3, -0.25) is 9.55 Å². The zero-order chi connectivity index (χ0) is 34.6. The second kappa shape index (κ2) is 10.6. The van der Waals surface area contributed by atoms with Gasteiger partial charge in [0.05, 0.1) is 33.1 Å². The summed E-state index contributed by atoms with van der Waals surface area (Å²) in [5.74, 6) is 1.53. The minimum absolute atomic E-state index is 0.687. The van der Waals surface area contributed by atoms with Gasteiger partial charge in [0.2, 0.25) is 0 Å². The van der Waals surface area contributed by atoms with Crippen LogP contribution in [0.15, 0.2) is 168 Å². The largest absolute Gasteiger partial charge is 0.456 e. The Kier molecular flexibility index (Phi) is 5.68. The van der Waals surface area contributed by atoms with E-state index < -0.39 is 0 Å². The van der Waals surface area contributed by atoms with Crippen molar-refractivity contribution in [3.05, 3.63) is 164 Å². The molecular formula is C47H27N5O. The molecule has 7 aromatic carbocycles. The summed E-state index contributed by atoms with van der Waals surface area (Å²) in [6.45, 7) is 0. The highest BCUT2D eigenvalue weighted by molar-refractivity contribution is 6.36. The SMILES string of the molecule is c1ccc(-c2nc(-n3c4ccccc4c4c5cccnc5c5c(c6ccccc6n5-c5ccc6oc7ccccc7c6c5)c43)c3ccccc3n2)cc1. The van der Waals surface area contributed by atoms with Crippen molar-refractivity contribution < 1.29 is 4.42 Å². The fraction of sp³-hybridized carbons (Fsp3) is 0. The lowest BCUT2D eigenvalue weighted by atomic mass is 10.0. The summed E-state index contributed by atoms with van der Waals surface area (Å²) in [5.41, 5.74) is 9.92. The van der Waals surface area contributed by atoms with Crippen LogP contribution in [0.2, 0.25) is 0 Å². The molecule has 0 spiro atoms. The van der Waals surface area contributed by atoms with Crippen molar-refractivity contribution in [1.82, 2.24) is 24.1 Å². The summed E-state index contributed by atoms with van der Waals surface area (Å²) in [4.78, 5) is 15.7. The lowest BCUT2D eigenvalue weighted by Crippen LogP contribution is -2.03. The van der Waals surface area contributed by atoms with Gasteiger partial charge < -0.3 is 8.98 Å². The topological polar surface area (TPSA) is 61.7 Å². The van der Waals surface area contributed by atoms with Gasteiger partial charge in [-0.05, 0) is 54.6 Å². The van der Waals surface area contributed by atoms with Crippen LogP contribution >= 0.6 is 0 Å². The Morgan fingerprint density at radius 3 is 1.96 bits per heavy atom. The number of hydrogen-bond donors (Lipinski definition) is 0. The van der Waals surface area contributed by atoms with E-state index in [1.807, 2.05) is 48.7 Å². The molecular weight excluding hydrogens is 651 g/mol. The molecule has 0 fully saturated rings. The maximum Gasteiger partial charge on any atom is 0.162 e. The van der Waals surface area contributed by atoms with Crippen molar-refractivity contribution in [3.8, 4) is 22.9 Å². The summed E-state index contributed by atoms with van der Waals surface area (Å²) >= 11 is 0.